The molecule has 1 atom stereocenters. The molecule has 0 fully saturated rings. The monoisotopic (exact) mass is 565 g/mol. The maximum Gasteiger partial charge on any atom is 0.165 e. The number of rotatable bonds is 4. The van der Waals surface area contributed by atoms with Gasteiger partial charge in [0.25, 0.3) is 0 Å². The Labute approximate surface area is 254 Å². The number of para-hydroxylation sites is 2. The normalized spacial score (nSPS) is 14.3. The predicted molar refractivity (Wildman–Crippen MR) is 180 cm³/mol. The Morgan fingerprint density at radius 2 is 1.32 bits per heavy atom. The van der Waals surface area contributed by atoms with Crippen LogP contribution in [0.5, 0.6) is 0 Å². The number of pyridine rings is 2. The molecule has 0 saturated heterocycles. The molecule has 1 aliphatic rings. The molecule has 1 unspecified atom stereocenters. The van der Waals surface area contributed by atoms with Gasteiger partial charge >= 0.3 is 0 Å². The second kappa shape index (κ2) is 9.82. The molecule has 1 N–H and O–H groups in total. The van der Waals surface area contributed by atoms with Crippen LogP contribution in [-0.4, -0.2) is 14.4 Å². The van der Waals surface area contributed by atoms with E-state index in [1.807, 2.05) is 24.4 Å². The number of aromatic nitrogens is 3. The molecule has 44 heavy (non-hydrogen) atoms. The van der Waals surface area contributed by atoms with Gasteiger partial charge in [0.05, 0.1) is 17.1 Å². The molecule has 9 rings (SSSR count). The molecule has 0 amide bonds. The van der Waals surface area contributed by atoms with Crippen molar-refractivity contribution < 1.29 is 0 Å². The third-order valence-corrected chi connectivity index (χ3v) is 8.61. The van der Waals surface area contributed by atoms with Gasteiger partial charge in [-0.3, -0.25) is 4.40 Å². The number of nitrogens with zero attached hydrogens (tertiary/aromatic N) is 4. The summed E-state index contributed by atoms with van der Waals surface area (Å²) in [4.78, 5) is 12.5. The molecule has 0 radical (unpaired) electrons. The van der Waals surface area contributed by atoms with Crippen LogP contribution in [0.15, 0.2) is 152 Å². The van der Waals surface area contributed by atoms with E-state index in [0.717, 1.165) is 55.8 Å². The Balaban J connectivity index is 1.12. The Bertz CT molecular complexity index is 2320. The molecule has 5 aromatic carbocycles. The van der Waals surface area contributed by atoms with Gasteiger partial charge in [0.1, 0.15) is 17.3 Å². The SMILES string of the molecule is c1ccc(C2Nc3ccccc3N2c2cccc(-c3ccc(-c4nc5c(nc6ccccn65)c5ccccc45)cc3)c2)cc1. The average Bonchev–Trinajstić information content (AvgIpc) is 3.68. The fourth-order valence-electron chi connectivity index (χ4n) is 6.52. The molecule has 0 spiro atoms. The van der Waals surface area contributed by atoms with Crippen molar-refractivity contribution in [2.45, 2.75) is 6.17 Å². The highest BCUT2D eigenvalue weighted by Gasteiger charge is 2.31. The Morgan fingerprint density at radius 3 is 2.20 bits per heavy atom. The number of hydrogen-bond donors (Lipinski definition) is 1. The lowest BCUT2D eigenvalue weighted by molar-refractivity contribution is 0.828. The topological polar surface area (TPSA) is 45.5 Å². The second-order valence-electron chi connectivity index (χ2n) is 11.2. The lowest BCUT2D eigenvalue weighted by Crippen LogP contribution is -2.23. The largest absolute Gasteiger partial charge is 0.359 e. The third-order valence-electron chi connectivity index (χ3n) is 8.61. The van der Waals surface area contributed by atoms with E-state index >= 15 is 0 Å². The number of anilines is 3. The summed E-state index contributed by atoms with van der Waals surface area (Å²) in [6.07, 6.45) is 2.04. The summed E-state index contributed by atoms with van der Waals surface area (Å²) in [6, 6.07) is 51.2. The van der Waals surface area contributed by atoms with Crippen molar-refractivity contribution in [3.63, 3.8) is 0 Å². The minimum atomic E-state index is 0.0140. The minimum absolute atomic E-state index is 0.0140. The summed E-state index contributed by atoms with van der Waals surface area (Å²) < 4.78 is 2.07. The summed E-state index contributed by atoms with van der Waals surface area (Å²) in [5.74, 6) is 0. The molecule has 5 heteroatoms. The quantitative estimate of drug-likeness (QED) is 0.231. The molecular weight excluding hydrogens is 538 g/mol. The van der Waals surface area contributed by atoms with Crippen LogP contribution in [0.4, 0.5) is 17.1 Å². The van der Waals surface area contributed by atoms with Crippen LogP contribution in [0.25, 0.3) is 50.0 Å². The van der Waals surface area contributed by atoms with Gasteiger partial charge in [-0.15, -0.1) is 0 Å². The first-order chi connectivity index (χ1) is 21.8. The molecule has 208 valence electrons. The summed E-state index contributed by atoms with van der Waals surface area (Å²) in [5, 5.41) is 5.95. The minimum Gasteiger partial charge on any atom is -0.359 e. The zero-order valence-electron chi connectivity index (χ0n) is 23.8. The molecule has 0 aliphatic carbocycles. The van der Waals surface area contributed by atoms with Crippen LogP contribution in [-0.2, 0) is 0 Å². The predicted octanol–water partition coefficient (Wildman–Crippen LogP) is 9.63. The number of fused-ring (bicyclic) bond motifs is 6. The highest BCUT2D eigenvalue weighted by atomic mass is 15.3. The fourth-order valence-corrected chi connectivity index (χ4v) is 6.52. The molecule has 5 nitrogen and oxygen atoms in total. The van der Waals surface area contributed by atoms with Crippen LogP contribution in [0, 0.1) is 0 Å². The smallest absolute Gasteiger partial charge is 0.165 e. The van der Waals surface area contributed by atoms with Gasteiger partial charge in [-0.1, -0.05) is 109 Å². The van der Waals surface area contributed by atoms with E-state index in [2.05, 4.69) is 142 Å². The second-order valence-corrected chi connectivity index (χ2v) is 11.2. The van der Waals surface area contributed by atoms with E-state index in [9.17, 15) is 0 Å². The maximum atomic E-state index is 5.18. The van der Waals surface area contributed by atoms with E-state index in [0.29, 0.717) is 0 Å². The zero-order valence-corrected chi connectivity index (χ0v) is 23.8. The van der Waals surface area contributed by atoms with Gasteiger partial charge in [-0.25, -0.2) is 9.97 Å². The van der Waals surface area contributed by atoms with Gasteiger partial charge < -0.3 is 10.2 Å². The van der Waals surface area contributed by atoms with Gasteiger partial charge in [-0.05, 0) is 53.1 Å². The fraction of sp³-hybridized carbons (Fsp3) is 0.0256. The average molecular weight is 566 g/mol. The highest BCUT2D eigenvalue weighted by molar-refractivity contribution is 6.09. The van der Waals surface area contributed by atoms with Gasteiger partial charge in [0.15, 0.2) is 5.65 Å². The van der Waals surface area contributed by atoms with E-state index in [1.165, 1.54) is 16.8 Å². The lowest BCUT2D eigenvalue weighted by atomic mass is 9.99. The summed E-state index contributed by atoms with van der Waals surface area (Å²) in [5.41, 5.74) is 11.7. The van der Waals surface area contributed by atoms with Crippen LogP contribution in [0.1, 0.15) is 11.7 Å². The van der Waals surface area contributed by atoms with Crippen molar-refractivity contribution in [2.75, 3.05) is 10.2 Å². The first-order valence-electron chi connectivity index (χ1n) is 14.9. The first-order valence-corrected chi connectivity index (χ1v) is 14.9. The van der Waals surface area contributed by atoms with Crippen LogP contribution in [0.2, 0.25) is 0 Å². The van der Waals surface area contributed by atoms with E-state index in [-0.39, 0.29) is 6.17 Å². The summed E-state index contributed by atoms with van der Waals surface area (Å²) in [7, 11) is 0. The maximum absolute atomic E-state index is 5.18. The zero-order chi connectivity index (χ0) is 29.0. The summed E-state index contributed by atoms with van der Waals surface area (Å²) in [6.45, 7) is 0. The molecule has 4 heterocycles. The number of hydrogen-bond acceptors (Lipinski definition) is 4. The third kappa shape index (κ3) is 3.87. The van der Waals surface area contributed by atoms with Crippen molar-refractivity contribution in [3.05, 3.63) is 157 Å². The number of imidazole rings is 1. The van der Waals surface area contributed by atoms with Gasteiger partial charge in [0, 0.05) is 28.2 Å². The van der Waals surface area contributed by atoms with Crippen molar-refractivity contribution in [2.24, 2.45) is 0 Å². The Kier molecular flexibility index (Phi) is 5.50. The molecule has 1 aliphatic heterocycles. The van der Waals surface area contributed by atoms with Crippen molar-refractivity contribution >= 4 is 44.6 Å². The number of benzene rings is 5. The Hall–Kier alpha value is -5.94. The van der Waals surface area contributed by atoms with E-state index < -0.39 is 0 Å². The summed E-state index contributed by atoms with van der Waals surface area (Å²) >= 11 is 0. The van der Waals surface area contributed by atoms with E-state index in [4.69, 9.17) is 9.97 Å². The highest BCUT2D eigenvalue weighted by Crippen LogP contribution is 2.46. The number of nitrogens with one attached hydrogen (secondary N) is 1. The van der Waals surface area contributed by atoms with Crippen LogP contribution >= 0.6 is 0 Å². The van der Waals surface area contributed by atoms with Crippen molar-refractivity contribution in [1.82, 2.24) is 14.4 Å². The van der Waals surface area contributed by atoms with Crippen molar-refractivity contribution in [3.8, 4) is 22.4 Å². The standard InChI is InChI=1S/C39H27N5/c1-2-11-28(12-3-1)38-40-33-17-6-7-18-34(33)44(38)30-14-10-13-29(25-30)26-20-22-27(23-21-26)36-31-15-4-5-16-32(31)37-39(42-36)43-24-9-8-19-35(43)41-37/h1-25,38,40H. The van der Waals surface area contributed by atoms with E-state index in [1.54, 1.807) is 0 Å². The van der Waals surface area contributed by atoms with Crippen LogP contribution < -0.4 is 10.2 Å². The molecule has 8 aromatic rings. The van der Waals surface area contributed by atoms with Gasteiger partial charge in [-0.2, -0.15) is 0 Å². The van der Waals surface area contributed by atoms with Crippen molar-refractivity contribution in [1.29, 1.82) is 0 Å². The van der Waals surface area contributed by atoms with Crippen LogP contribution in [0.3, 0.4) is 0 Å². The van der Waals surface area contributed by atoms with Gasteiger partial charge in [0.2, 0.25) is 0 Å². The lowest BCUT2D eigenvalue weighted by Gasteiger charge is -2.28. The molecule has 0 saturated carbocycles. The molecular formula is C39H27N5. The molecule has 0 bridgehead atoms. The first kappa shape index (κ1) is 24.6. The molecule has 3 aromatic heterocycles. The Morgan fingerprint density at radius 1 is 0.568 bits per heavy atom.